The van der Waals surface area contributed by atoms with Crippen LogP contribution in [0.4, 0.5) is 0 Å². The fourth-order valence-electron chi connectivity index (χ4n) is 3.08. The first-order chi connectivity index (χ1) is 14.2. The molecule has 0 aromatic heterocycles. The van der Waals surface area contributed by atoms with Crippen LogP contribution >= 0.6 is 0 Å². The number of methoxy groups -OCH3 is 1. The lowest BCUT2D eigenvalue weighted by Crippen LogP contribution is -2.51. The molecule has 0 spiro atoms. The number of hydrogen-bond acceptors (Lipinski definition) is 9. The summed E-state index contributed by atoms with van der Waals surface area (Å²) < 4.78 is 26.7. The molecule has 1 aliphatic heterocycles. The first-order valence-corrected chi connectivity index (χ1v) is 10.3. The Balaban J connectivity index is 2.05. The molecule has 1 amide bonds. The number of carbonyl (C=O) groups is 1. The van der Waals surface area contributed by atoms with E-state index in [0.29, 0.717) is 32.8 Å². The van der Waals surface area contributed by atoms with Crippen LogP contribution in [0.1, 0.15) is 33.6 Å². The minimum Gasteiger partial charge on any atom is -0.394 e. The Morgan fingerprint density at radius 3 is 2.57 bits per heavy atom. The van der Waals surface area contributed by atoms with Crippen LogP contribution in [0, 0.1) is 5.41 Å². The van der Waals surface area contributed by atoms with Gasteiger partial charge in [0.15, 0.2) is 6.29 Å². The minimum absolute atomic E-state index is 0.0532. The number of rotatable bonds is 14. The van der Waals surface area contributed by atoms with Gasteiger partial charge in [-0.1, -0.05) is 20.8 Å². The van der Waals surface area contributed by atoms with Crippen molar-refractivity contribution in [1.29, 1.82) is 0 Å². The van der Waals surface area contributed by atoms with Crippen LogP contribution in [-0.2, 0) is 28.5 Å². The van der Waals surface area contributed by atoms with E-state index in [1.54, 1.807) is 0 Å². The van der Waals surface area contributed by atoms with Gasteiger partial charge < -0.3 is 44.3 Å². The van der Waals surface area contributed by atoms with Gasteiger partial charge in [-0.05, 0) is 11.8 Å². The molecule has 0 radical (unpaired) electrons. The highest BCUT2D eigenvalue weighted by Crippen LogP contribution is 2.23. The van der Waals surface area contributed by atoms with Crippen LogP contribution in [0.3, 0.4) is 0 Å². The Kier molecular flexibility index (Phi) is 12.9. The average Bonchev–Trinajstić information content (AvgIpc) is 2.67. The van der Waals surface area contributed by atoms with E-state index in [2.05, 4.69) is 26.1 Å². The van der Waals surface area contributed by atoms with E-state index >= 15 is 0 Å². The van der Waals surface area contributed by atoms with Crippen LogP contribution in [0.5, 0.6) is 0 Å². The highest BCUT2D eigenvalue weighted by Gasteiger charge is 2.38. The third kappa shape index (κ3) is 11.5. The second-order valence-corrected chi connectivity index (χ2v) is 8.55. The molecule has 5 unspecified atom stereocenters. The molecule has 1 saturated heterocycles. The third-order valence-electron chi connectivity index (χ3n) is 4.49. The summed E-state index contributed by atoms with van der Waals surface area (Å²) in [5, 5.41) is 31.7. The van der Waals surface area contributed by atoms with E-state index in [1.165, 1.54) is 7.11 Å². The van der Waals surface area contributed by atoms with Crippen molar-refractivity contribution in [1.82, 2.24) is 5.32 Å². The minimum atomic E-state index is -0.948. The Labute approximate surface area is 178 Å². The highest BCUT2D eigenvalue weighted by atomic mass is 16.7. The summed E-state index contributed by atoms with van der Waals surface area (Å²) in [4.78, 5) is 11.8. The molecule has 0 aromatic carbocycles. The quantitative estimate of drug-likeness (QED) is 0.263. The van der Waals surface area contributed by atoms with Gasteiger partial charge in [-0.3, -0.25) is 4.79 Å². The number of amides is 1. The summed E-state index contributed by atoms with van der Waals surface area (Å²) in [7, 11) is 1.45. The van der Waals surface area contributed by atoms with Crippen molar-refractivity contribution in [2.24, 2.45) is 5.41 Å². The molecule has 30 heavy (non-hydrogen) atoms. The summed E-state index contributed by atoms with van der Waals surface area (Å²) >= 11 is 0. The summed E-state index contributed by atoms with van der Waals surface area (Å²) in [5.74, 6) is -0.329. The fraction of sp³-hybridized carbons (Fsp3) is 0.950. The van der Waals surface area contributed by atoms with Crippen molar-refractivity contribution >= 4 is 5.91 Å². The molecule has 178 valence electrons. The maximum Gasteiger partial charge on any atom is 0.246 e. The summed E-state index contributed by atoms with van der Waals surface area (Å²) in [6.07, 6.45) is -2.61. The number of aliphatic hydroxyl groups excluding tert-OH is 3. The van der Waals surface area contributed by atoms with E-state index in [9.17, 15) is 20.1 Å². The van der Waals surface area contributed by atoms with E-state index in [-0.39, 0.29) is 37.6 Å². The lowest BCUT2D eigenvalue weighted by Gasteiger charge is -2.37. The molecule has 4 N–H and O–H groups in total. The van der Waals surface area contributed by atoms with E-state index in [4.69, 9.17) is 23.7 Å². The topological polar surface area (TPSA) is 136 Å². The highest BCUT2D eigenvalue weighted by molar-refractivity contribution is 5.77. The van der Waals surface area contributed by atoms with Crippen molar-refractivity contribution in [3.05, 3.63) is 0 Å². The molecular formula is C20H39NO9. The Morgan fingerprint density at radius 1 is 1.23 bits per heavy atom. The predicted octanol–water partition coefficient (Wildman–Crippen LogP) is -0.567. The van der Waals surface area contributed by atoms with Crippen LogP contribution in [0.2, 0.25) is 0 Å². The van der Waals surface area contributed by atoms with Crippen LogP contribution in [0.15, 0.2) is 0 Å². The number of ether oxygens (including phenoxy) is 5. The summed E-state index contributed by atoms with van der Waals surface area (Å²) in [6.45, 7) is 7.25. The molecule has 5 atom stereocenters. The standard InChI is InChI=1S/C20H39NO9/c1-20(2,3)10-14(23)12-28-8-7-27-6-5-21-17(24)13-29-18-9-15(26-4)19(25)16(11-22)30-18/h14-16,18-19,22-23,25H,5-13H2,1-4H3,(H,21,24). The zero-order chi connectivity index (χ0) is 22.6. The van der Waals surface area contributed by atoms with Crippen molar-refractivity contribution in [2.75, 3.05) is 53.3 Å². The monoisotopic (exact) mass is 437 g/mol. The van der Waals surface area contributed by atoms with Gasteiger partial charge in [0.25, 0.3) is 0 Å². The Bertz CT molecular complexity index is 458. The molecule has 1 heterocycles. The average molecular weight is 438 g/mol. The summed E-state index contributed by atoms with van der Waals surface area (Å²) in [5.41, 5.74) is 0.0532. The SMILES string of the molecule is COC1CC(OCC(=O)NCCOCCOCC(O)CC(C)(C)C)OC(CO)C1O. The molecule has 0 aromatic rings. The van der Waals surface area contributed by atoms with Gasteiger partial charge in [-0.2, -0.15) is 0 Å². The maximum absolute atomic E-state index is 11.8. The molecule has 10 nitrogen and oxygen atoms in total. The van der Waals surface area contributed by atoms with Crippen molar-refractivity contribution in [2.45, 2.75) is 64.3 Å². The van der Waals surface area contributed by atoms with Crippen LogP contribution in [-0.4, -0.2) is 105 Å². The molecule has 1 fully saturated rings. The van der Waals surface area contributed by atoms with Crippen LogP contribution in [0.25, 0.3) is 0 Å². The van der Waals surface area contributed by atoms with Crippen molar-refractivity contribution < 1.29 is 43.8 Å². The first-order valence-electron chi connectivity index (χ1n) is 10.3. The van der Waals surface area contributed by atoms with Crippen molar-refractivity contribution in [3.63, 3.8) is 0 Å². The normalized spacial score (nSPS) is 25.8. The zero-order valence-corrected chi connectivity index (χ0v) is 18.5. The number of hydrogen-bond donors (Lipinski definition) is 4. The van der Waals surface area contributed by atoms with Gasteiger partial charge in [-0.25, -0.2) is 0 Å². The molecule has 10 heteroatoms. The zero-order valence-electron chi connectivity index (χ0n) is 18.5. The van der Waals surface area contributed by atoms with Gasteiger partial charge >= 0.3 is 0 Å². The molecule has 1 rings (SSSR count). The summed E-state index contributed by atoms with van der Waals surface area (Å²) in [6, 6.07) is 0. The second kappa shape index (κ2) is 14.3. The lowest BCUT2D eigenvalue weighted by molar-refractivity contribution is -0.259. The van der Waals surface area contributed by atoms with Gasteiger partial charge in [0.2, 0.25) is 5.91 Å². The lowest BCUT2D eigenvalue weighted by atomic mass is 9.89. The largest absolute Gasteiger partial charge is 0.394 e. The smallest absolute Gasteiger partial charge is 0.246 e. The van der Waals surface area contributed by atoms with Gasteiger partial charge in [0, 0.05) is 20.1 Å². The number of aliphatic hydroxyl groups is 3. The Morgan fingerprint density at radius 2 is 1.93 bits per heavy atom. The maximum atomic E-state index is 11.8. The third-order valence-corrected chi connectivity index (χ3v) is 4.49. The number of carbonyl (C=O) groups excluding carboxylic acids is 1. The second-order valence-electron chi connectivity index (χ2n) is 8.55. The molecule has 0 aliphatic carbocycles. The van der Waals surface area contributed by atoms with E-state index < -0.39 is 30.7 Å². The molecule has 0 bridgehead atoms. The predicted molar refractivity (Wildman–Crippen MR) is 108 cm³/mol. The fourth-order valence-corrected chi connectivity index (χ4v) is 3.08. The molecule has 1 aliphatic rings. The molecule has 0 saturated carbocycles. The Hall–Kier alpha value is -0.850. The van der Waals surface area contributed by atoms with Gasteiger partial charge in [0.05, 0.1) is 45.2 Å². The van der Waals surface area contributed by atoms with Crippen LogP contribution < -0.4 is 5.32 Å². The number of nitrogens with one attached hydrogen (secondary N) is 1. The van der Waals surface area contributed by atoms with E-state index in [1.807, 2.05) is 0 Å². The van der Waals surface area contributed by atoms with E-state index in [0.717, 1.165) is 0 Å². The first kappa shape index (κ1) is 27.2. The van der Waals surface area contributed by atoms with Gasteiger partial charge in [-0.15, -0.1) is 0 Å². The van der Waals surface area contributed by atoms with Gasteiger partial charge in [0.1, 0.15) is 18.8 Å². The van der Waals surface area contributed by atoms with Crippen molar-refractivity contribution in [3.8, 4) is 0 Å². The molecular weight excluding hydrogens is 398 g/mol.